The third-order valence-corrected chi connectivity index (χ3v) is 5.73. The van der Waals surface area contributed by atoms with Gasteiger partial charge in [-0.05, 0) is 62.0 Å². The molecule has 2 aliphatic rings. The molecule has 1 spiro atoms. The Morgan fingerprint density at radius 2 is 2.08 bits per heavy atom. The van der Waals surface area contributed by atoms with Crippen LogP contribution >= 0.6 is 0 Å². The second-order valence-corrected chi connectivity index (χ2v) is 7.45. The first-order chi connectivity index (χ1) is 12.3. The van der Waals surface area contributed by atoms with Crippen molar-refractivity contribution in [1.29, 1.82) is 0 Å². The van der Waals surface area contributed by atoms with Gasteiger partial charge in [0.25, 0.3) is 0 Å². The summed E-state index contributed by atoms with van der Waals surface area (Å²) in [5.41, 5.74) is 3.06. The summed E-state index contributed by atoms with van der Waals surface area (Å²) in [4.78, 5) is 6.64. The maximum atomic E-state index is 5.53. The lowest BCUT2D eigenvalue weighted by Gasteiger charge is -2.34. The lowest BCUT2D eigenvalue weighted by molar-refractivity contribution is 0.194. The van der Waals surface area contributed by atoms with Crippen molar-refractivity contribution in [1.82, 2.24) is 25.0 Å². The van der Waals surface area contributed by atoms with E-state index in [-0.39, 0.29) is 0 Å². The third kappa shape index (κ3) is 3.70. The predicted octanol–water partition coefficient (Wildman–Crippen LogP) is 1.91. The van der Waals surface area contributed by atoms with E-state index in [4.69, 9.17) is 4.74 Å². The highest BCUT2D eigenvalue weighted by Gasteiger charge is 2.38. The maximum Gasteiger partial charge on any atom is 0.137 e. The number of piperidine rings is 1. The molecule has 0 bridgehead atoms. The summed E-state index contributed by atoms with van der Waals surface area (Å²) in [5.74, 6) is 0.912. The largest absolute Gasteiger partial charge is 0.496 e. The van der Waals surface area contributed by atoms with Gasteiger partial charge in [0.05, 0.1) is 13.7 Å². The van der Waals surface area contributed by atoms with Gasteiger partial charge in [0.15, 0.2) is 0 Å². The molecule has 4 rings (SSSR count). The van der Waals surface area contributed by atoms with E-state index < -0.39 is 0 Å². The molecule has 134 valence electrons. The molecule has 2 saturated heterocycles. The molecule has 6 heteroatoms. The Labute approximate surface area is 149 Å². The Bertz CT molecular complexity index is 694. The first-order valence-electron chi connectivity index (χ1n) is 9.18. The fourth-order valence-corrected chi connectivity index (χ4v) is 4.33. The molecule has 1 N–H and O–H groups in total. The van der Waals surface area contributed by atoms with Crippen LogP contribution in [0.1, 0.15) is 30.4 Å². The zero-order valence-electron chi connectivity index (χ0n) is 14.9. The topological polar surface area (TPSA) is 55.2 Å². The van der Waals surface area contributed by atoms with Crippen molar-refractivity contribution in [2.24, 2.45) is 5.41 Å². The summed E-state index contributed by atoms with van der Waals surface area (Å²) >= 11 is 0. The highest BCUT2D eigenvalue weighted by atomic mass is 16.5. The smallest absolute Gasteiger partial charge is 0.137 e. The minimum Gasteiger partial charge on any atom is -0.496 e. The molecule has 0 aliphatic carbocycles. The molecule has 0 unspecified atom stereocenters. The molecule has 2 aromatic rings. The molecule has 0 amide bonds. The zero-order chi connectivity index (χ0) is 17.1. The van der Waals surface area contributed by atoms with Crippen LogP contribution in [0.2, 0.25) is 0 Å². The van der Waals surface area contributed by atoms with Gasteiger partial charge < -0.3 is 10.1 Å². The summed E-state index contributed by atoms with van der Waals surface area (Å²) in [6, 6.07) is 6.53. The van der Waals surface area contributed by atoms with E-state index in [1.54, 1.807) is 19.8 Å². The Kier molecular flexibility index (Phi) is 4.72. The maximum absolute atomic E-state index is 5.53. The number of nitrogens with one attached hydrogen (secondary N) is 1. The van der Waals surface area contributed by atoms with E-state index >= 15 is 0 Å². The van der Waals surface area contributed by atoms with Crippen molar-refractivity contribution in [2.75, 3.05) is 33.3 Å². The molecular formula is C19H27N5O. The van der Waals surface area contributed by atoms with Gasteiger partial charge in [0.1, 0.15) is 18.4 Å². The molecule has 0 saturated carbocycles. The standard InChI is InChI=1S/C19H27N5O/c1-25-18-3-2-16(10-17(18)12-24-15-21-14-22-24)11-23-9-6-19(13-23)4-7-20-8-5-19/h2-3,10,14-15,20H,4-9,11-13H2,1H3. The Hall–Kier alpha value is -1.92. The number of hydrogen-bond acceptors (Lipinski definition) is 5. The number of likely N-dealkylation sites (tertiary alicyclic amines) is 1. The van der Waals surface area contributed by atoms with E-state index in [9.17, 15) is 0 Å². The van der Waals surface area contributed by atoms with Gasteiger partial charge >= 0.3 is 0 Å². The summed E-state index contributed by atoms with van der Waals surface area (Å²) in [6.07, 6.45) is 7.30. The average molecular weight is 341 g/mol. The van der Waals surface area contributed by atoms with Gasteiger partial charge in [-0.1, -0.05) is 6.07 Å². The molecule has 2 aliphatic heterocycles. The number of ether oxygens (including phenoxy) is 1. The van der Waals surface area contributed by atoms with Gasteiger partial charge in [-0.25, -0.2) is 9.67 Å². The van der Waals surface area contributed by atoms with Crippen molar-refractivity contribution < 1.29 is 4.74 Å². The summed E-state index contributed by atoms with van der Waals surface area (Å²) in [6.45, 7) is 6.51. The van der Waals surface area contributed by atoms with Crippen molar-refractivity contribution in [3.63, 3.8) is 0 Å². The average Bonchev–Trinajstić information content (AvgIpc) is 3.27. The van der Waals surface area contributed by atoms with Crippen LogP contribution < -0.4 is 10.1 Å². The Morgan fingerprint density at radius 3 is 2.84 bits per heavy atom. The highest BCUT2D eigenvalue weighted by Crippen LogP contribution is 2.39. The Balaban J connectivity index is 1.45. The summed E-state index contributed by atoms with van der Waals surface area (Å²) in [5, 5.41) is 7.71. The van der Waals surface area contributed by atoms with E-state index in [0.717, 1.165) is 17.9 Å². The summed E-state index contributed by atoms with van der Waals surface area (Å²) in [7, 11) is 1.72. The quantitative estimate of drug-likeness (QED) is 0.900. The van der Waals surface area contributed by atoms with Gasteiger partial charge in [-0.2, -0.15) is 5.10 Å². The second kappa shape index (κ2) is 7.14. The lowest BCUT2D eigenvalue weighted by Crippen LogP contribution is -2.38. The van der Waals surface area contributed by atoms with E-state index in [0.29, 0.717) is 12.0 Å². The van der Waals surface area contributed by atoms with Crippen LogP contribution in [-0.4, -0.2) is 53.0 Å². The van der Waals surface area contributed by atoms with Crippen LogP contribution in [0.5, 0.6) is 5.75 Å². The van der Waals surface area contributed by atoms with Crippen LogP contribution in [-0.2, 0) is 13.1 Å². The van der Waals surface area contributed by atoms with Crippen molar-refractivity contribution in [3.05, 3.63) is 42.0 Å². The fourth-order valence-electron chi connectivity index (χ4n) is 4.33. The summed E-state index contributed by atoms with van der Waals surface area (Å²) < 4.78 is 7.36. The lowest BCUT2D eigenvalue weighted by atomic mass is 9.78. The fraction of sp³-hybridized carbons (Fsp3) is 0.579. The first kappa shape index (κ1) is 16.5. The second-order valence-electron chi connectivity index (χ2n) is 7.45. The molecule has 25 heavy (non-hydrogen) atoms. The van der Waals surface area contributed by atoms with E-state index in [2.05, 4.69) is 38.5 Å². The van der Waals surface area contributed by atoms with Crippen LogP contribution in [0, 0.1) is 5.41 Å². The molecule has 0 radical (unpaired) electrons. The minimum atomic E-state index is 0.557. The number of aromatic nitrogens is 3. The van der Waals surface area contributed by atoms with E-state index in [1.807, 2.05) is 4.68 Å². The number of hydrogen-bond donors (Lipinski definition) is 1. The highest BCUT2D eigenvalue weighted by molar-refractivity contribution is 5.37. The molecule has 2 fully saturated rings. The van der Waals surface area contributed by atoms with Crippen molar-refractivity contribution in [2.45, 2.75) is 32.4 Å². The van der Waals surface area contributed by atoms with Gasteiger partial charge in [0, 0.05) is 18.7 Å². The van der Waals surface area contributed by atoms with Crippen LogP contribution in [0.3, 0.4) is 0 Å². The number of methoxy groups -OCH3 is 1. The molecule has 1 aromatic carbocycles. The molecule has 1 aromatic heterocycles. The van der Waals surface area contributed by atoms with Crippen molar-refractivity contribution in [3.8, 4) is 5.75 Å². The number of rotatable bonds is 5. The SMILES string of the molecule is COc1ccc(CN2CCC3(CCNCC3)C2)cc1Cn1cncn1. The van der Waals surface area contributed by atoms with Crippen LogP contribution in [0.25, 0.3) is 0 Å². The molecule has 6 nitrogen and oxygen atoms in total. The normalized spacial score (nSPS) is 20.2. The molecule has 0 atom stereocenters. The molecule has 3 heterocycles. The number of nitrogens with zero attached hydrogens (tertiary/aromatic N) is 4. The minimum absolute atomic E-state index is 0.557. The molecular weight excluding hydrogens is 314 g/mol. The third-order valence-electron chi connectivity index (χ3n) is 5.73. The Morgan fingerprint density at radius 1 is 1.20 bits per heavy atom. The number of benzene rings is 1. The zero-order valence-corrected chi connectivity index (χ0v) is 14.9. The van der Waals surface area contributed by atoms with Crippen LogP contribution in [0.4, 0.5) is 0 Å². The van der Waals surface area contributed by atoms with Gasteiger partial charge in [-0.15, -0.1) is 0 Å². The predicted molar refractivity (Wildman–Crippen MR) is 96.5 cm³/mol. The van der Waals surface area contributed by atoms with Gasteiger partial charge in [-0.3, -0.25) is 4.90 Å². The van der Waals surface area contributed by atoms with Crippen LogP contribution in [0.15, 0.2) is 30.9 Å². The monoisotopic (exact) mass is 341 g/mol. The van der Waals surface area contributed by atoms with Crippen molar-refractivity contribution >= 4 is 0 Å². The first-order valence-corrected chi connectivity index (χ1v) is 9.18. The van der Waals surface area contributed by atoms with E-state index in [1.165, 1.54) is 51.0 Å². The van der Waals surface area contributed by atoms with Gasteiger partial charge in [0.2, 0.25) is 0 Å².